The maximum Gasteiger partial charge on any atom is 0.180 e. The zero-order valence-corrected chi connectivity index (χ0v) is 14.3. The Morgan fingerprint density at radius 3 is 2.36 bits per heavy atom. The number of thiazole rings is 1. The zero-order chi connectivity index (χ0) is 14.5. The maximum absolute atomic E-state index is 5.68. The van der Waals surface area contributed by atoms with E-state index in [9.17, 15) is 0 Å². The summed E-state index contributed by atoms with van der Waals surface area (Å²) in [6, 6.07) is 10.7. The first kappa shape index (κ1) is 17.2. The minimum Gasteiger partial charge on any atom is -0.375 e. The predicted octanol–water partition coefficient (Wildman–Crippen LogP) is 2.51. The van der Waals surface area contributed by atoms with Gasteiger partial charge in [0.05, 0.1) is 0 Å². The molecule has 1 aromatic heterocycles. The van der Waals surface area contributed by atoms with Gasteiger partial charge in [-0.3, -0.25) is 4.90 Å². The summed E-state index contributed by atoms with van der Waals surface area (Å²) in [5.41, 5.74) is 7.11. The minimum absolute atomic E-state index is 0. The molecule has 0 atom stereocenters. The second-order valence-electron chi connectivity index (χ2n) is 5.52. The van der Waals surface area contributed by atoms with Crippen molar-refractivity contribution in [3.05, 3.63) is 47.0 Å². The Balaban J connectivity index is 0.00000176. The average Bonchev–Trinajstić information content (AvgIpc) is 2.93. The summed E-state index contributed by atoms with van der Waals surface area (Å²) in [7, 11) is 0. The summed E-state index contributed by atoms with van der Waals surface area (Å²) < 4.78 is 0. The van der Waals surface area contributed by atoms with Crippen molar-refractivity contribution in [1.82, 2.24) is 14.8 Å². The van der Waals surface area contributed by atoms with Crippen LogP contribution in [0.25, 0.3) is 0 Å². The van der Waals surface area contributed by atoms with Crippen molar-refractivity contribution in [1.29, 1.82) is 0 Å². The van der Waals surface area contributed by atoms with Crippen molar-refractivity contribution in [2.75, 3.05) is 38.5 Å². The van der Waals surface area contributed by atoms with E-state index in [0.717, 1.165) is 45.7 Å². The number of benzene rings is 1. The lowest BCUT2D eigenvalue weighted by Gasteiger charge is -2.34. The highest BCUT2D eigenvalue weighted by atomic mass is 35.5. The Morgan fingerprint density at radius 2 is 1.73 bits per heavy atom. The molecule has 0 unspecified atom stereocenters. The van der Waals surface area contributed by atoms with E-state index < -0.39 is 0 Å². The van der Waals surface area contributed by atoms with Crippen LogP contribution in [-0.2, 0) is 13.0 Å². The number of halogens is 1. The summed E-state index contributed by atoms with van der Waals surface area (Å²) in [4.78, 5) is 10.4. The zero-order valence-electron chi connectivity index (χ0n) is 12.6. The van der Waals surface area contributed by atoms with E-state index in [-0.39, 0.29) is 12.4 Å². The summed E-state index contributed by atoms with van der Waals surface area (Å²) in [6.45, 7) is 6.72. The summed E-state index contributed by atoms with van der Waals surface area (Å²) in [6.07, 6.45) is 3.05. The van der Waals surface area contributed by atoms with Crippen molar-refractivity contribution in [2.24, 2.45) is 0 Å². The topological polar surface area (TPSA) is 45.4 Å². The van der Waals surface area contributed by atoms with Gasteiger partial charge in [0.2, 0.25) is 0 Å². The number of anilines is 1. The molecular formula is C16H23ClN4S. The van der Waals surface area contributed by atoms with E-state index in [1.165, 1.54) is 10.4 Å². The van der Waals surface area contributed by atoms with E-state index in [2.05, 4.69) is 45.1 Å². The predicted molar refractivity (Wildman–Crippen MR) is 95.6 cm³/mol. The van der Waals surface area contributed by atoms with Crippen LogP contribution in [0.5, 0.6) is 0 Å². The number of hydrogen-bond acceptors (Lipinski definition) is 5. The van der Waals surface area contributed by atoms with Crippen LogP contribution in [0.4, 0.5) is 5.13 Å². The second-order valence-corrected chi connectivity index (χ2v) is 6.66. The van der Waals surface area contributed by atoms with Crippen LogP contribution in [-0.4, -0.2) is 47.5 Å². The van der Waals surface area contributed by atoms with Crippen molar-refractivity contribution in [3.8, 4) is 0 Å². The quantitative estimate of drug-likeness (QED) is 0.910. The highest BCUT2D eigenvalue weighted by Crippen LogP contribution is 2.17. The van der Waals surface area contributed by atoms with Gasteiger partial charge in [-0.05, 0) is 12.0 Å². The Kier molecular flexibility index (Phi) is 6.64. The summed E-state index contributed by atoms with van der Waals surface area (Å²) in [5, 5.41) is 0.673. The molecule has 4 nitrogen and oxygen atoms in total. The molecule has 0 amide bonds. The number of rotatable bonds is 5. The lowest BCUT2D eigenvalue weighted by atomic mass is 10.1. The largest absolute Gasteiger partial charge is 0.375 e. The molecule has 3 rings (SSSR count). The first-order chi connectivity index (χ1) is 10.3. The van der Waals surface area contributed by atoms with Crippen LogP contribution >= 0.6 is 23.7 Å². The average molecular weight is 339 g/mol. The molecule has 0 radical (unpaired) electrons. The van der Waals surface area contributed by atoms with Gasteiger partial charge in [0, 0.05) is 50.3 Å². The fourth-order valence-corrected chi connectivity index (χ4v) is 3.45. The third-order valence-corrected chi connectivity index (χ3v) is 4.79. The summed E-state index contributed by atoms with van der Waals surface area (Å²) in [5.74, 6) is 0. The van der Waals surface area contributed by atoms with Crippen LogP contribution in [0.2, 0.25) is 0 Å². The third-order valence-electron chi connectivity index (χ3n) is 3.98. The van der Waals surface area contributed by atoms with Gasteiger partial charge in [0.25, 0.3) is 0 Å². The van der Waals surface area contributed by atoms with Gasteiger partial charge in [-0.2, -0.15) is 0 Å². The molecule has 0 spiro atoms. The van der Waals surface area contributed by atoms with E-state index in [4.69, 9.17) is 5.73 Å². The van der Waals surface area contributed by atoms with Gasteiger partial charge in [-0.15, -0.1) is 23.7 Å². The molecule has 22 heavy (non-hydrogen) atoms. The molecule has 1 aliphatic rings. The van der Waals surface area contributed by atoms with Crippen LogP contribution in [0, 0.1) is 0 Å². The maximum atomic E-state index is 5.68. The van der Waals surface area contributed by atoms with Gasteiger partial charge in [-0.25, -0.2) is 4.98 Å². The lowest BCUT2D eigenvalue weighted by molar-refractivity contribution is 0.129. The molecule has 1 aromatic carbocycles. The van der Waals surface area contributed by atoms with E-state index >= 15 is 0 Å². The van der Waals surface area contributed by atoms with E-state index in [1.807, 2.05) is 6.20 Å². The van der Waals surface area contributed by atoms with Crippen molar-refractivity contribution in [2.45, 2.75) is 13.0 Å². The molecule has 0 aliphatic carbocycles. The lowest BCUT2D eigenvalue weighted by Crippen LogP contribution is -2.46. The van der Waals surface area contributed by atoms with E-state index in [0.29, 0.717) is 5.13 Å². The molecule has 0 saturated carbocycles. The SMILES string of the molecule is Cl.Nc1ncc(CN2CCN(CCc3ccccc3)CC2)s1. The Labute approximate surface area is 142 Å². The van der Waals surface area contributed by atoms with Crippen molar-refractivity contribution >= 4 is 28.9 Å². The number of nitrogens with zero attached hydrogens (tertiary/aromatic N) is 3. The highest BCUT2D eigenvalue weighted by Gasteiger charge is 2.17. The number of nitrogens with two attached hydrogens (primary N) is 1. The molecular weight excluding hydrogens is 316 g/mol. The third kappa shape index (κ3) is 4.95. The fraction of sp³-hybridized carbons (Fsp3) is 0.438. The smallest absolute Gasteiger partial charge is 0.180 e. The van der Waals surface area contributed by atoms with Gasteiger partial charge in [0.15, 0.2) is 5.13 Å². The highest BCUT2D eigenvalue weighted by molar-refractivity contribution is 7.15. The molecule has 1 aliphatic heterocycles. The fourth-order valence-electron chi connectivity index (χ4n) is 2.72. The van der Waals surface area contributed by atoms with Crippen LogP contribution in [0.1, 0.15) is 10.4 Å². The summed E-state index contributed by atoms with van der Waals surface area (Å²) >= 11 is 1.60. The second kappa shape index (κ2) is 8.48. The van der Waals surface area contributed by atoms with Crippen molar-refractivity contribution in [3.63, 3.8) is 0 Å². The van der Waals surface area contributed by atoms with Gasteiger partial charge >= 0.3 is 0 Å². The number of aromatic nitrogens is 1. The monoisotopic (exact) mass is 338 g/mol. The Morgan fingerprint density at radius 1 is 1.05 bits per heavy atom. The first-order valence-corrected chi connectivity index (χ1v) is 8.30. The number of piperazine rings is 1. The number of hydrogen-bond donors (Lipinski definition) is 1. The molecule has 6 heteroatoms. The standard InChI is InChI=1S/C16H22N4S.ClH/c17-16-18-12-15(21-16)13-20-10-8-19(9-11-20)7-6-14-4-2-1-3-5-14;/h1-5,12H,6-11,13H2,(H2,17,18);1H. The molecule has 2 heterocycles. The van der Waals surface area contributed by atoms with Gasteiger partial charge in [-0.1, -0.05) is 30.3 Å². The van der Waals surface area contributed by atoms with Gasteiger partial charge in [0.1, 0.15) is 0 Å². The molecule has 1 fully saturated rings. The first-order valence-electron chi connectivity index (χ1n) is 7.48. The molecule has 2 N–H and O–H groups in total. The molecule has 0 bridgehead atoms. The minimum atomic E-state index is 0. The van der Waals surface area contributed by atoms with Crippen molar-refractivity contribution < 1.29 is 0 Å². The number of nitrogen functional groups attached to an aromatic ring is 1. The molecule has 120 valence electrons. The van der Waals surface area contributed by atoms with Crippen LogP contribution < -0.4 is 5.73 Å². The Hall–Kier alpha value is -1.14. The molecule has 2 aromatic rings. The van der Waals surface area contributed by atoms with Crippen LogP contribution in [0.3, 0.4) is 0 Å². The van der Waals surface area contributed by atoms with Crippen LogP contribution in [0.15, 0.2) is 36.5 Å². The normalized spacial score (nSPS) is 16.4. The van der Waals surface area contributed by atoms with Gasteiger partial charge < -0.3 is 10.6 Å². The van der Waals surface area contributed by atoms with E-state index in [1.54, 1.807) is 11.3 Å². The molecule has 1 saturated heterocycles. The Bertz CT molecular complexity index is 552.